The van der Waals surface area contributed by atoms with E-state index in [-0.39, 0.29) is 11.7 Å². The molecular weight excluding hydrogens is 316 g/mol. The molecule has 2 rings (SSSR count). The number of aromatic amines is 1. The average Bonchev–Trinajstić information content (AvgIpc) is 2.61. The van der Waals surface area contributed by atoms with Crippen LogP contribution in [0.2, 0.25) is 0 Å². The number of benzene rings is 1. The Morgan fingerprint density at radius 2 is 2.28 bits per heavy atom. The van der Waals surface area contributed by atoms with E-state index < -0.39 is 0 Å². The summed E-state index contributed by atoms with van der Waals surface area (Å²) in [6.07, 6.45) is 0. The lowest BCUT2D eigenvalue weighted by Gasteiger charge is -2.09. The number of halogens is 1. The third-order valence-electron chi connectivity index (χ3n) is 2.51. The van der Waals surface area contributed by atoms with Crippen LogP contribution in [0.1, 0.15) is 18.5 Å². The summed E-state index contributed by atoms with van der Waals surface area (Å²) in [5.74, 6) is 0. The van der Waals surface area contributed by atoms with Crippen LogP contribution >= 0.6 is 27.7 Å². The van der Waals surface area contributed by atoms with Gasteiger partial charge in [-0.3, -0.25) is 4.57 Å². The van der Waals surface area contributed by atoms with Crippen molar-refractivity contribution in [1.29, 1.82) is 0 Å². The van der Waals surface area contributed by atoms with Crippen molar-refractivity contribution in [3.8, 4) is 0 Å². The molecule has 0 bridgehead atoms. The molecule has 0 radical (unpaired) electrons. The quantitative estimate of drug-likeness (QED) is 0.903. The van der Waals surface area contributed by atoms with Gasteiger partial charge in [0.25, 0.3) is 0 Å². The van der Waals surface area contributed by atoms with Crippen LogP contribution in [0, 0.1) is 0 Å². The lowest BCUT2D eigenvalue weighted by molar-refractivity contribution is 0.765. The number of nitrogens with two attached hydrogens (primary N) is 1. The van der Waals surface area contributed by atoms with Crippen molar-refractivity contribution >= 4 is 27.7 Å². The van der Waals surface area contributed by atoms with E-state index >= 15 is 0 Å². The molecule has 3 N–H and O–H groups in total. The van der Waals surface area contributed by atoms with Crippen LogP contribution in [0.3, 0.4) is 0 Å². The molecule has 0 amide bonds. The molecule has 0 saturated heterocycles. The normalized spacial score (nSPS) is 12.7. The van der Waals surface area contributed by atoms with Crippen LogP contribution in [0.15, 0.2) is 37.5 Å². The molecule has 1 aromatic carbocycles. The summed E-state index contributed by atoms with van der Waals surface area (Å²) in [6, 6.07) is 5.89. The van der Waals surface area contributed by atoms with Crippen LogP contribution in [0.4, 0.5) is 0 Å². The molecule has 0 aliphatic rings. The van der Waals surface area contributed by atoms with Crippen molar-refractivity contribution in [2.45, 2.75) is 23.0 Å². The van der Waals surface area contributed by atoms with Crippen molar-refractivity contribution in [2.75, 3.05) is 0 Å². The summed E-state index contributed by atoms with van der Waals surface area (Å²) < 4.78 is 2.43. The highest BCUT2D eigenvalue weighted by Crippen LogP contribution is 2.30. The Hall–Kier alpha value is -1.05. The van der Waals surface area contributed by atoms with Gasteiger partial charge in [0.05, 0.1) is 0 Å². The van der Waals surface area contributed by atoms with Crippen LogP contribution < -0.4 is 11.4 Å². The largest absolute Gasteiger partial charge is 0.343 e. The van der Waals surface area contributed by atoms with Crippen molar-refractivity contribution < 1.29 is 0 Å². The zero-order valence-corrected chi connectivity index (χ0v) is 12.4. The maximum atomic E-state index is 11.2. The minimum atomic E-state index is -0.219. The van der Waals surface area contributed by atoms with E-state index in [1.54, 1.807) is 7.05 Å². The third-order valence-corrected chi connectivity index (χ3v) is 4.23. The first kappa shape index (κ1) is 13.4. The lowest BCUT2D eigenvalue weighted by atomic mass is 10.1. The predicted octanol–water partition coefficient (Wildman–Crippen LogP) is 2.04. The van der Waals surface area contributed by atoms with Gasteiger partial charge in [0.2, 0.25) is 0 Å². The molecule has 7 heteroatoms. The van der Waals surface area contributed by atoms with Gasteiger partial charge in [0.15, 0.2) is 5.16 Å². The fourth-order valence-corrected chi connectivity index (χ4v) is 3.20. The number of nitrogens with zero attached hydrogens (tertiary/aromatic N) is 2. The van der Waals surface area contributed by atoms with Crippen LogP contribution in [0.5, 0.6) is 0 Å². The van der Waals surface area contributed by atoms with Crippen molar-refractivity contribution in [3.05, 3.63) is 38.7 Å². The Bertz CT molecular complexity index is 620. The van der Waals surface area contributed by atoms with E-state index in [0.717, 1.165) is 14.9 Å². The summed E-state index contributed by atoms with van der Waals surface area (Å²) in [5, 5.41) is 6.98. The van der Waals surface area contributed by atoms with E-state index in [1.807, 2.05) is 25.1 Å². The Morgan fingerprint density at radius 1 is 1.56 bits per heavy atom. The molecule has 2 aromatic rings. The smallest absolute Gasteiger partial charge is 0.324 e. The minimum Gasteiger partial charge on any atom is -0.324 e. The van der Waals surface area contributed by atoms with Crippen LogP contribution in [0.25, 0.3) is 0 Å². The number of H-pyrrole nitrogens is 1. The first-order chi connectivity index (χ1) is 8.49. The lowest BCUT2D eigenvalue weighted by Crippen LogP contribution is -2.12. The van der Waals surface area contributed by atoms with E-state index in [0.29, 0.717) is 5.16 Å². The Balaban J connectivity index is 2.28. The third kappa shape index (κ3) is 2.68. The molecule has 1 aromatic heterocycles. The maximum Gasteiger partial charge on any atom is 0.343 e. The first-order valence-electron chi connectivity index (χ1n) is 5.33. The number of hydrogen-bond acceptors (Lipinski definition) is 4. The number of hydrogen-bond donors (Lipinski definition) is 2. The summed E-state index contributed by atoms with van der Waals surface area (Å²) in [6.45, 7) is 1.93. The highest BCUT2D eigenvalue weighted by Gasteiger charge is 2.09. The molecule has 96 valence electrons. The van der Waals surface area contributed by atoms with Gasteiger partial charge in [0.1, 0.15) is 0 Å². The van der Waals surface area contributed by atoms with E-state index in [9.17, 15) is 4.79 Å². The molecule has 5 nitrogen and oxygen atoms in total. The highest BCUT2D eigenvalue weighted by molar-refractivity contribution is 9.10. The second-order valence-corrected chi connectivity index (χ2v) is 5.84. The molecule has 18 heavy (non-hydrogen) atoms. The molecule has 0 spiro atoms. The maximum absolute atomic E-state index is 11.2. The van der Waals surface area contributed by atoms with E-state index in [4.69, 9.17) is 5.73 Å². The van der Waals surface area contributed by atoms with E-state index in [2.05, 4.69) is 26.1 Å². The molecular formula is C11H13BrN4OS. The summed E-state index contributed by atoms with van der Waals surface area (Å²) in [4.78, 5) is 12.2. The zero-order valence-electron chi connectivity index (χ0n) is 9.98. The topological polar surface area (TPSA) is 76.7 Å². The van der Waals surface area contributed by atoms with Gasteiger partial charge in [-0.25, -0.2) is 9.89 Å². The van der Waals surface area contributed by atoms with Gasteiger partial charge in [-0.15, -0.1) is 5.10 Å². The molecule has 1 heterocycles. The number of nitrogens with one attached hydrogen (secondary N) is 1. The van der Waals surface area contributed by atoms with Crippen molar-refractivity contribution in [1.82, 2.24) is 14.8 Å². The zero-order chi connectivity index (χ0) is 13.3. The fraction of sp³-hybridized carbons (Fsp3) is 0.273. The average molecular weight is 329 g/mol. The molecule has 1 atom stereocenters. The van der Waals surface area contributed by atoms with Gasteiger partial charge in [-0.1, -0.05) is 22.0 Å². The Morgan fingerprint density at radius 3 is 2.78 bits per heavy atom. The van der Waals surface area contributed by atoms with Gasteiger partial charge in [-0.05, 0) is 36.4 Å². The Kier molecular flexibility index (Phi) is 3.94. The first-order valence-corrected chi connectivity index (χ1v) is 6.94. The van der Waals surface area contributed by atoms with Gasteiger partial charge in [-0.2, -0.15) is 0 Å². The summed E-state index contributed by atoms with van der Waals surface area (Å²) in [7, 11) is 1.68. The SMILES string of the molecule is C[C@@H](N)c1ccc(Sc2n[nH]c(=O)n2C)cc1Br. The molecule has 0 unspecified atom stereocenters. The second-order valence-electron chi connectivity index (χ2n) is 3.94. The molecule has 0 aliphatic carbocycles. The van der Waals surface area contributed by atoms with Gasteiger partial charge < -0.3 is 5.73 Å². The Labute approximate surface area is 117 Å². The monoisotopic (exact) mass is 328 g/mol. The molecule has 0 fully saturated rings. The van der Waals surface area contributed by atoms with Crippen LogP contribution in [-0.4, -0.2) is 14.8 Å². The number of aromatic nitrogens is 3. The van der Waals surface area contributed by atoms with Crippen molar-refractivity contribution in [3.63, 3.8) is 0 Å². The van der Waals surface area contributed by atoms with Gasteiger partial charge >= 0.3 is 5.69 Å². The molecule has 0 saturated carbocycles. The highest BCUT2D eigenvalue weighted by atomic mass is 79.9. The number of rotatable bonds is 3. The van der Waals surface area contributed by atoms with Crippen LogP contribution in [-0.2, 0) is 7.05 Å². The fourth-order valence-electron chi connectivity index (χ4n) is 1.47. The minimum absolute atomic E-state index is 0.0202. The second kappa shape index (κ2) is 5.29. The molecule has 0 aliphatic heterocycles. The van der Waals surface area contributed by atoms with Crippen molar-refractivity contribution in [2.24, 2.45) is 12.8 Å². The van der Waals surface area contributed by atoms with E-state index in [1.165, 1.54) is 16.3 Å². The standard InChI is InChI=1S/C11H13BrN4OS/c1-6(13)8-4-3-7(5-9(8)12)18-11-15-14-10(17)16(11)2/h3-6H,13H2,1-2H3,(H,14,17)/t6-/m1/s1. The summed E-state index contributed by atoms with van der Waals surface area (Å²) >= 11 is 4.91. The summed E-state index contributed by atoms with van der Waals surface area (Å²) in [5.41, 5.74) is 6.68. The van der Waals surface area contributed by atoms with Gasteiger partial charge in [0, 0.05) is 22.5 Å². The predicted molar refractivity (Wildman–Crippen MR) is 74.7 cm³/mol.